The lowest BCUT2D eigenvalue weighted by Crippen LogP contribution is -2.51. The summed E-state index contributed by atoms with van der Waals surface area (Å²) < 4.78 is 11.5. The average molecular weight is 362 g/mol. The van der Waals surface area contributed by atoms with Gasteiger partial charge in [-0.2, -0.15) is 0 Å². The molecule has 0 saturated carbocycles. The Hall–Kier alpha value is -2.92. The van der Waals surface area contributed by atoms with Crippen molar-refractivity contribution in [2.45, 2.75) is 24.5 Å². The summed E-state index contributed by atoms with van der Waals surface area (Å²) in [6.07, 6.45) is 4.67. The van der Waals surface area contributed by atoms with Gasteiger partial charge in [0.2, 0.25) is 0 Å². The normalized spacial score (nSPS) is 17.2. The molecule has 1 fully saturated rings. The molecule has 0 bridgehead atoms. The van der Waals surface area contributed by atoms with E-state index in [2.05, 4.69) is 29.2 Å². The second-order valence-corrected chi connectivity index (χ2v) is 6.67. The molecule has 0 unspecified atom stereocenters. The molecule has 1 saturated heterocycles. The van der Waals surface area contributed by atoms with Crippen LogP contribution < -0.4 is 0 Å². The maximum Gasteiger partial charge on any atom is 0.310 e. The predicted molar refractivity (Wildman–Crippen MR) is 101 cm³/mol. The van der Waals surface area contributed by atoms with Crippen LogP contribution in [0.25, 0.3) is 0 Å². The van der Waals surface area contributed by atoms with Gasteiger partial charge in [-0.3, -0.25) is 4.79 Å². The van der Waals surface area contributed by atoms with Crippen LogP contribution in [0, 0.1) is 0 Å². The number of carbonyl (C=O) groups excluding carboxylic acids is 1. The van der Waals surface area contributed by atoms with Crippen molar-refractivity contribution >= 4 is 5.91 Å². The molecule has 1 atom stereocenters. The molecule has 0 spiro atoms. The first-order valence-electron chi connectivity index (χ1n) is 9.14. The van der Waals surface area contributed by atoms with Crippen molar-refractivity contribution in [1.82, 2.24) is 9.88 Å². The summed E-state index contributed by atoms with van der Waals surface area (Å²) >= 11 is 0. The van der Waals surface area contributed by atoms with Gasteiger partial charge in [0.1, 0.15) is 11.9 Å². The van der Waals surface area contributed by atoms with Crippen LogP contribution >= 0.6 is 0 Å². The highest BCUT2D eigenvalue weighted by Crippen LogP contribution is 2.43. The van der Waals surface area contributed by atoms with Gasteiger partial charge in [-0.1, -0.05) is 60.7 Å². The minimum Gasteiger partial charge on any atom is -0.441 e. The molecule has 27 heavy (non-hydrogen) atoms. The molecule has 1 aromatic heterocycles. The molecule has 2 heterocycles. The van der Waals surface area contributed by atoms with E-state index in [1.165, 1.54) is 12.5 Å². The second-order valence-electron chi connectivity index (χ2n) is 6.67. The number of amides is 1. The standard InChI is InChI=1S/C22H22N2O3/c1-26-22(17-9-4-2-5-10-17,18-11-6-3-7-12-18)19-13-8-15-24(19)21(25)20-23-14-16-27-20/h2-7,9-12,14,16,19H,8,13,15H2,1H3/t19-/m0/s1. The SMILES string of the molecule is COC(c1ccccc1)(c1ccccc1)[C@@H]1CCCN1C(=O)c1ncco1. The lowest BCUT2D eigenvalue weighted by atomic mass is 9.78. The number of methoxy groups -OCH3 is 1. The summed E-state index contributed by atoms with van der Waals surface area (Å²) in [4.78, 5) is 19.0. The molecule has 0 N–H and O–H groups in total. The van der Waals surface area contributed by atoms with Crippen molar-refractivity contribution in [2.24, 2.45) is 0 Å². The highest BCUT2D eigenvalue weighted by Gasteiger charge is 2.49. The van der Waals surface area contributed by atoms with Gasteiger partial charge >= 0.3 is 5.91 Å². The maximum absolute atomic E-state index is 13.1. The van der Waals surface area contributed by atoms with Crippen molar-refractivity contribution in [1.29, 1.82) is 0 Å². The third kappa shape index (κ3) is 2.94. The Morgan fingerprint density at radius 3 is 2.26 bits per heavy atom. The molecule has 0 radical (unpaired) electrons. The van der Waals surface area contributed by atoms with Gasteiger partial charge in [-0.05, 0) is 24.0 Å². The number of aromatic nitrogens is 1. The van der Waals surface area contributed by atoms with Crippen molar-refractivity contribution in [3.8, 4) is 0 Å². The number of benzene rings is 2. The Bertz CT molecular complexity index is 839. The van der Waals surface area contributed by atoms with Gasteiger partial charge in [0.25, 0.3) is 5.89 Å². The quantitative estimate of drug-likeness (QED) is 0.691. The average Bonchev–Trinajstić information content (AvgIpc) is 3.43. The van der Waals surface area contributed by atoms with E-state index < -0.39 is 5.60 Å². The first-order chi connectivity index (χ1) is 13.3. The van der Waals surface area contributed by atoms with Crippen LogP contribution in [0.5, 0.6) is 0 Å². The first-order valence-corrected chi connectivity index (χ1v) is 9.14. The lowest BCUT2D eigenvalue weighted by Gasteiger charge is -2.42. The molecular formula is C22H22N2O3. The number of ether oxygens (including phenoxy) is 1. The molecule has 2 aromatic carbocycles. The monoisotopic (exact) mass is 362 g/mol. The maximum atomic E-state index is 13.1. The van der Waals surface area contributed by atoms with Gasteiger partial charge < -0.3 is 14.1 Å². The van der Waals surface area contributed by atoms with Crippen molar-refractivity contribution < 1.29 is 13.9 Å². The number of nitrogens with zero attached hydrogens (tertiary/aromatic N) is 2. The number of carbonyl (C=O) groups is 1. The summed E-state index contributed by atoms with van der Waals surface area (Å²) in [5.74, 6) is -0.0798. The zero-order valence-corrected chi connectivity index (χ0v) is 15.2. The van der Waals surface area contributed by atoms with E-state index in [4.69, 9.17) is 9.15 Å². The molecule has 1 amide bonds. The fourth-order valence-electron chi connectivity index (χ4n) is 4.18. The summed E-state index contributed by atoms with van der Waals surface area (Å²) in [7, 11) is 1.71. The summed E-state index contributed by atoms with van der Waals surface area (Å²) in [5.41, 5.74) is 1.29. The lowest BCUT2D eigenvalue weighted by molar-refractivity contribution is -0.0368. The van der Waals surface area contributed by atoms with Gasteiger partial charge in [0.15, 0.2) is 0 Å². The van der Waals surface area contributed by atoms with E-state index in [9.17, 15) is 4.79 Å². The number of hydrogen-bond acceptors (Lipinski definition) is 4. The van der Waals surface area contributed by atoms with Gasteiger partial charge in [0, 0.05) is 13.7 Å². The topological polar surface area (TPSA) is 55.6 Å². The predicted octanol–water partition coefficient (Wildman–Crippen LogP) is 3.87. The third-order valence-corrected chi connectivity index (χ3v) is 5.33. The highest BCUT2D eigenvalue weighted by molar-refractivity contribution is 5.90. The highest BCUT2D eigenvalue weighted by atomic mass is 16.5. The van der Waals surface area contributed by atoms with Crippen LogP contribution in [-0.4, -0.2) is 35.5 Å². The number of rotatable bonds is 5. The van der Waals surface area contributed by atoms with E-state index in [-0.39, 0.29) is 17.8 Å². The van der Waals surface area contributed by atoms with Crippen LogP contribution in [0.15, 0.2) is 77.5 Å². The molecular weight excluding hydrogens is 340 g/mol. The molecule has 138 valence electrons. The number of oxazole rings is 1. The van der Waals surface area contributed by atoms with Crippen molar-refractivity contribution in [3.05, 3.63) is 90.1 Å². The number of likely N-dealkylation sites (tertiary alicyclic amines) is 1. The minimum absolute atomic E-state index is 0.119. The number of hydrogen-bond donors (Lipinski definition) is 0. The van der Waals surface area contributed by atoms with E-state index in [1.807, 2.05) is 41.3 Å². The van der Waals surface area contributed by atoms with Gasteiger partial charge in [0.05, 0.1) is 12.2 Å². The van der Waals surface area contributed by atoms with E-state index in [0.717, 1.165) is 24.0 Å². The van der Waals surface area contributed by atoms with E-state index in [1.54, 1.807) is 7.11 Å². The van der Waals surface area contributed by atoms with Crippen molar-refractivity contribution in [3.63, 3.8) is 0 Å². The minimum atomic E-state index is -0.763. The molecule has 5 nitrogen and oxygen atoms in total. The zero-order valence-electron chi connectivity index (χ0n) is 15.2. The van der Waals surface area contributed by atoms with Crippen LogP contribution in [0.3, 0.4) is 0 Å². The Balaban J connectivity index is 1.84. The fraction of sp³-hybridized carbons (Fsp3) is 0.273. The fourth-order valence-corrected chi connectivity index (χ4v) is 4.18. The molecule has 5 heteroatoms. The van der Waals surface area contributed by atoms with Crippen LogP contribution in [0.4, 0.5) is 0 Å². The third-order valence-electron chi connectivity index (χ3n) is 5.33. The van der Waals surface area contributed by atoms with Crippen molar-refractivity contribution in [2.75, 3.05) is 13.7 Å². The van der Waals surface area contributed by atoms with Gasteiger partial charge in [-0.25, -0.2) is 4.98 Å². The van der Waals surface area contributed by atoms with Crippen LogP contribution in [0.1, 0.15) is 34.7 Å². The Kier molecular flexibility index (Phi) is 4.77. The summed E-state index contributed by atoms with van der Waals surface area (Å²) in [6.45, 7) is 0.649. The zero-order chi connectivity index (χ0) is 18.7. The van der Waals surface area contributed by atoms with Crippen LogP contribution in [0.2, 0.25) is 0 Å². The van der Waals surface area contributed by atoms with Crippen LogP contribution in [-0.2, 0) is 10.3 Å². The molecule has 3 aromatic rings. The second kappa shape index (κ2) is 7.37. The Morgan fingerprint density at radius 2 is 1.74 bits per heavy atom. The van der Waals surface area contributed by atoms with E-state index in [0.29, 0.717) is 6.54 Å². The molecule has 0 aliphatic carbocycles. The summed E-state index contributed by atoms with van der Waals surface area (Å²) in [5, 5.41) is 0. The smallest absolute Gasteiger partial charge is 0.310 e. The molecule has 1 aliphatic heterocycles. The first kappa shape index (κ1) is 17.5. The van der Waals surface area contributed by atoms with E-state index >= 15 is 0 Å². The van der Waals surface area contributed by atoms with Gasteiger partial charge in [-0.15, -0.1) is 0 Å². The summed E-state index contributed by atoms with van der Waals surface area (Å²) in [6, 6.07) is 20.0. The Labute approximate surface area is 158 Å². The molecule has 4 rings (SSSR count). The Morgan fingerprint density at radius 1 is 1.11 bits per heavy atom. The largest absolute Gasteiger partial charge is 0.441 e. The molecule has 1 aliphatic rings.